The van der Waals surface area contributed by atoms with Crippen molar-refractivity contribution in [2.45, 2.75) is 12.3 Å². The van der Waals surface area contributed by atoms with Crippen LogP contribution < -0.4 is 0 Å². The Morgan fingerprint density at radius 1 is 1.30 bits per heavy atom. The molecule has 1 fully saturated rings. The van der Waals surface area contributed by atoms with Gasteiger partial charge in [-0.15, -0.1) is 0 Å². The number of halogens is 3. The summed E-state index contributed by atoms with van der Waals surface area (Å²) >= 11 is 0. The molecule has 23 heavy (non-hydrogen) atoms. The highest BCUT2D eigenvalue weighted by atomic mass is 19.4. The van der Waals surface area contributed by atoms with Crippen LogP contribution in [-0.4, -0.2) is 58.0 Å². The van der Waals surface area contributed by atoms with Crippen molar-refractivity contribution in [2.24, 2.45) is 0 Å². The van der Waals surface area contributed by atoms with E-state index in [4.69, 9.17) is 0 Å². The lowest BCUT2D eigenvalue weighted by Crippen LogP contribution is -2.51. The monoisotopic (exact) mass is 326 g/mol. The molecule has 0 saturated carbocycles. The zero-order chi connectivity index (χ0) is 16.4. The minimum absolute atomic E-state index is 0.133. The van der Waals surface area contributed by atoms with Gasteiger partial charge in [-0.2, -0.15) is 18.3 Å². The number of aromatic nitrogens is 3. The maximum Gasteiger partial charge on any atom is 0.416 e. The Hall–Kier alpha value is -2.42. The number of morpholine rings is 1. The molecule has 1 N–H and O–H groups in total. The fraction of sp³-hybridized carbons (Fsp3) is 0.357. The predicted molar refractivity (Wildman–Crippen MR) is 73.5 cm³/mol. The van der Waals surface area contributed by atoms with E-state index in [1.807, 2.05) is 0 Å². The third kappa shape index (κ3) is 3.34. The lowest BCUT2D eigenvalue weighted by Gasteiger charge is -2.33. The third-order valence-corrected chi connectivity index (χ3v) is 3.54. The van der Waals surface area contributed by atoms with Gasteiger partial charge in [-0.25, -0.2) is 4.98 Å². The fourth-order valence-corrected chi connectivity index (χ4v) is 2.33. The summed E-state index contributed by atoms with van der Waals surface area (Å²) in [5.74, 6) is 0.0965. The number of hydrogen-bond acceptors (Lipinski definition) is 4. The number of nitrogens with zero attached hydrogens (tertiary/aromatic N) is 3. The Morgan fingerprint density at radius 3 is 2.65 bits per heavy atom. The molecule has 1 aromatic heterocycles. The lowest BCUT2D eigenvalue weighted by atomic mass is 10.1. The average Bonchev–Trinajstić information content (AvgIpc) is 3.08. The number of hydrogen-bond donors (Lipinski definition) is 1. The van der Waals surface area contributed by atoms with E-state index in [1.54, 1.807) is 24.3 Å². The molecular weight excluding hydrogens is 313 g/mol. The zero-order valence-corrected chi connectivity index (χ0v) is 11.9. The summed E-state index contributed by atoms with van der Waals surface area (Å²) in [5, 5.41) is 6.42. The van der Waals surface area contributed by atoms with E-state index in [9.17, 15) is 18.0 Å². The molecule has 1 atom stereocenters. The smallest absolute Gasteiger partial charge is 0.365 e. The topological polar surface area (TPSA) is 71.1 Å². The largest absolute Gasteiger partial charge is 0.416 e. The summed E-state index contributed by atoms with van der Waals surface area (Å²) < 4.78 is 42.8. The van der Waals surface area contributed by atoms with Gasteiger partial charge in [-0.1, -0.05) is 12.1 Å². The maximum absolute atomic E-state index is 12.7. The fourth-order valence-electron chi connectivity index (χ4n) is 2.33. The van der Waals surface area contributed by atoms with Crippen LogP contribution in [0.2, 0.25) is 0 Å². The number of benzene rings is 1. The van der Waals surface area contributed by atoms with E-state index in [2.05, 4.69) is 19.9 Å². The van der Waals surface area contributed by atoms with Crippen LogP contribution in [-0.2, 0) is 4.74 Å². The van der Waals surface area contributed by atoms with Crippen molar-refractivity contribution in [3.63, 3.8) is 0 Å². The van der Waals surface area contributed by atoms with Crippen LogP contribution in [0.1, 0.15) is 10.4 Å². The summed E-state index contributed by atoms with van der Waals surface area (Å²) in [6.07, 6.45) is -5.05. The first-order valence-corrected chi connectivity index (χ1v) is 6.88. The number of rotatable bonds is 2. The number of alkyl halides is 3. The van der Waals surface area contributed by atoms with E-state index < -0.39 is 24.7 Å². The maximum atomic E-state index is 12.7. The number of carbonyl (C=O) groups excluding carboxylic acids is 1. The van der Waals surface area contributed by atoms with Crippen LogP contribution in [0.5, 0.6) is 0 Å². The van der Waals surface area contributed by atoms with Crippen molar-refractivity contribution < 1.29 is 22.7 Å². The van der Waals surface area contributed by atoms with Gasteiger partial charge in [0.25, 0.3) is 5.91 Å². The highest BCUT2D eigenvalue weighted by molar-refractivity contribution is 5.94. The molecule has 3 rings (SSSR count). The minimum atomic E-state index is -4.48. The highest BCUT2D eigenvalue weighted by Crippen LogP contribution is 2.26. The summed E-state index contributed by atoms with van der Waals surface area (Å²) in [6.45, 7) is -0.493. The van der Waals surface area contributed by atoms with Gasteiger partial charge in [0.1, 0.15) is 6.33 Å². The van der Waals surface area contributed by atoms with E-state index in [0.29, 0.717) is 11.4 Å². The van der Waals surface area contributed by atoms with E-state index >= 15 is 0 Å². The minimum Gasteiger partial charge on any atom is -0.365 e. The van der Waals surface area contributed by atoms with Crippen molar-refractivity contribution in [1.29, 1.82) is 0 Å². The Labute approximate surface area is 129 Å². The summed E-state index contributed by atoms with van der Waals surface area (Å²) in [6, 6.07) is 6.43. The van der Waals surface area contributed by atoms with Gasteiger partial charge in [-0.05, 0) is 12.1 Å². The van der Waals surface area contributed by atoms with Crippen molar-refractivity contribution >= 4 is 5.91 Å². The van der Waals surface area contributed by atoms with Crippen LogP contribution in [0.25, 0.3) is 11.4 Å². The number of aromatic amines is 1. The van der Waals surface area contributed by atoms with Crippen molar-refractivity contribution in [3.05, 3.63) is 36.2 Å². The van der Waals surface area contributed by atoms with E-state index in [1.165, 1.54) is 6.33 Å². The Morgan fingerprint density at radius 2 is 2.04 bits per heavy atom. The number of nitrogens with one attached hydrogen (secondary N) is 1. The Kier molecular flexibility index (Phi) is 4.03. The van der Waals surface area contributed by atoms with Gasteiger partial charge < -0.3 is 9.64 Å². The standard InChI is InChI=1S/C14H13F3N4O2/c15-14(16,17)11-7-21(5-6-23-11)13(22)10-3-1-9(2-4-10)12-18-8-19-20-12/h1-4,8,11H,5-7H2,(H,18,19,20)/t11-/m0/s1. The molecule has 1 aliphatic rings. The van der Waals surface area contributed by atoms with Crippen LogP contribution in [0, 0.1) is 0 Å². The highest BCUT2D eigenvalue weighted by Gasteiger charge is 2.44. The Balaban J connectivity index is 1.72. The van der Waals surface area contributed by atoms with Crippen LogP contribution in [0.15, 0.2) is 30.6 Å². The molecular formula is C14H13F3N4O2. The molecule has 0 unspecified atom stereocenters. The molecule has 9 heteroatoms. The SMILES string of the molecule is O=C(c1ccc(-c2ncn[nH]2)cc1)N1CCO[C@H](C(F)(F)F)C1. The molecule has 1 amide bonds. The van der Waals surface area contributed by atoms with Crippen LogP contribution in [0.3, 0.4) is 0 Å². The molecule has 2 heterocycles. The van der Waals surface area contributed by atoms with Gasteiger partial charge in [-0.3, -0.25) is 9.89 Å². The zero-order valence-electron chi connectivity index (χ0n) is 11.9. The molecule has 6 nitrogen and oxygen atoms in total. The number of ether oxygens (including phenoxy) is 1. The normalized spacial score (nSPS) is 18.9. The molecule has 0 spiro atoms. The van der Waals surface area contributed by atoms with E-state index in [-0.39, 0.29) is 13.2 Å². The van der Waals surface area contributed by atoms with Gasteiger partial charge in [0.05, 0.1) is 13.2 Å². The molecule has 1 saturated heterocycles. The van der Waals surface area contributed by atoms with Crippen molar-refractivity contribution in [3.8, 4) is 11.4 Å². The van der Waals surface area contributed by atoms with Gasteiger partial charge in [0.15, 0.2) is 11.9 Å². The summed E-state index contributed by atoms with van der Waals surface area (Å²) in [5.41, 5.74) is 1.05. The first-order valence-electron chi connectivity index (χ1n) is 6.88. The van der Waals surface area contributed by atoms with Crippen molar-refractivity contribution in [2.75, 3.05) is 19.7 Å². The number of carbonyl (C=O) groups is 1. The van der Waals surface area contributed by atoms with Gasteiger partial charge >= 0.3 is 6.18 Å². The second-order valence-corrected chi connectivity index (χ2v) is 5.06. The van der Waals surface area contributed by atoms with Crippen molar-refractivity contribution in [1.82, 2.24) is 20.1 Å². The molecule has 2 aromatic rings. The quantitative estimate of drug-likeness (QED) is 0.915. The lowest BCUT2D eigenvalue weighted by molar-refractivity contribution is -0.233. The van der Waals surface area contributed by atoms with E-state index in [0.717, 1.165) is 10.5 Å². The third-order valence-electron chi connectivity index (χ3n) is 3.54. The van der Waals surface area contributed by atoms with Crippen LogP contribution in [0.4, 0.5) is 13.2 Å². The van der Waals surface area contributed by atoms with Crippen LogP contribution >= 0.6 is 0 Å². The Bertz CT molecular complexity index is 670. The summed E-state index contributed by atoms with van der Waals surface area (Å²) in [4.78, 5) is 17.5. The second-order valence-electron chi connectivity index (χ2n) is 5.06. The number of amides is 1. The summed E-state index contributed by atoms with van der Waals surface area (Å²) in [7, 11) is 0. The molecule has 122 valence electrons. The van der Waals surface area contributed by atoms with Gasteiger partial charge in [0, 0.05) is 17.7 Å². The average molecular weight is 326 g/mol. The first kappa shape index (κ1) is 15.5. The molecule has 0 radical (unpaired) electrons. The first-order chi connectivity index (χ1) is 10.9. The second kappa shape index (κ2) is 5.99. The molecule has 1 aliphatic heterocycles. The number of H-pyrrole nitrogens is 1. The van der Waals surface area contributed by atoms with Gasteiger partial charge in [0.2, 0.25) is 0 Å². The molecule has 1 aromatic carbocycles. The molecule has 0 bridgehead atoms. The molecule has 0 aliphatic carbocycles. The predicted octanol–water partition coefficient (Wildman–Crippen LogP) is 1.88.